The van der Waals surface area contributed by atoms with E-state index in [0.717, 1.165) is 15.6 Å². The lowest BCUT2D eigenvalue weighted by atomic mass is 9.98. The lowest BCUT2D eigenvalue weighted by Gasteiger charge is -2.07. The summed E-state index contributed by atoms with van der Waals surface area (Å²) in [7, 11) is 0. The number of rotatable bonds is 2. The van der Waals surface area contributed by atoms with Crippen LogP contribution in [0.1, 0.15) is 5.56 Å². The summed E-state index contributed by atoms with van der Waals surface area (Å²) in [5.74, 6) is 0.391. The van der Waals surface area contributed by atoms with Gasteiger partial charge in [-0.25, -0.2) is 4.39 Å². The molecule has 0 saturated heterocycles. The molecule has 0 amide bonds. The topological polar surface area (TPSA) is 52.0 Å². The van der Waals surface area contributed by atoms with Crippen molar-refractivity contribution >= 4 is 21.7 Å². The standard InChI is InChI=1S/C16H12BrFN2O/c1-9-4-2-3-5-11(9)14-15(21-20-16(14)19)12-8-10(18)6-7-13(12)17/h2-8H,1H3,(H2,19,20). The average Bonchev–Trinajstić information content (AvgIpc) is 2.84. The minimum atomic E-state index is -0.348. The molecule has 0 aliphatic carbocycles. The third-order valence-electron chi connectivity index (χ3n) is 3.31. The molecule has 1 heterocycles. The third kappa shape index (κ3) is 2.45. The van der Waals surface area contributed by atoms with Crippen molar-refractivity contribution in [2.75, 3.05) is 5.73 Å². The first-order chi connectivity index (χ1) is 10.1. The maximum Gasteiger partial charge on any atom is 0.178 e. The summed E-state index contributed by atoms with van der Waals surface area (Å²) >= 11 is 3.41. The Morgan fingerprint density at radius 3 is 2.67 bits per heavy atom. The smallest absolute Gasteiger partial charge is 0.178 e. The maximum atomic E-state index is 13.5. The molecule has 106 valence electrons. The second kappa shape index (κ2) is 5.33. The fraction of sp³-hybridized carbons (Fsp3) is 0.0625. The van der Waals surface area contributed by atoms with E-state index in [-0.39, 0.29) is 11.6 Å². The Kier molecular flexibility index (Phi) is 3.51. The van der Waals surface area contributed by atoms with Crippen molar-refractivity contribution in [3.63, 3.8) is 0 Å². The van der Waals surface area contributed by atoms with Crippen molar-refractivity contribution in [3.05, 3.63) is 58.3 Å². The molecular weight excluding hydrogens is 335 g/mol. The summed E-state index contributed by atoms with van der Waals surface area (Å²) in [6.07, 6.45) is 0. The van der Waals surface area contributed by atoms with Gasteiger partial charge in [-0.3, -0.25) is 0 Å². The molecule has 3 aromatic rings. The fourth-order valence-corrected chi connectivity index (χ4v) is 2.70. The van der Waals surface area contributed by atoms with E-state index in [9.17, 15) is 4.39 Å². The van der Waals surface area contributed by atoms with Crippen LogP contribution in [0.15, 0.2) is 51.5 Å². The van der Waals surface area contributed by atoms with Crippen molar-refractivity contribution in [2.24, 2.45) is 0 Å². The largest absolute Gasteiger partial charge is 0.380 e. The number of nitrogens with zero attached hydrogens (tertiary/aromatic N) is 1. The molecule has 0 fully saturated rings. The molecule has 3 rings (SSSR count). The highest BCUT2D eigenvalue weighted by Gasteiger charge is 2.21. The van der Waals surface area contributed by atoms with Crippen molar-refractivity contribution in [2.45, 2.75) is 6.92 Å². The number of anilines is 1. The molecule has 3 nitrogen and oxygen atoms in total. The van der Waals surface area contributed by atoms with Gasteiger partial charge in [0.1, 0.15) is 5.82 Å². The van der Waals surface area contributed by atoms with Crippen LogP contribution in [0.5, 0.6) is 0 Å². The number of nitrogen functional groups attached to an aromatic ring is 1. The Morgan fingerprint density at radius 1 is 1.14 bits per heavy atom. The first kappa shape index (κ1) is 13.8. The van der Waals surface area contributed by atoms with E-state index in [1.54, 1.807) is 6.07 Å². The van der Waals surface area contributed by atoms with Crippen LogP contribution in [0.25, 0.3) is 22.5 Å². The van der Waals surface area contributed by atoms with Gasteiger partial charge >= 0.3 is 0 Å². The van der Waals surface area contributed by atoms with Crippen LogP contribution < -0.4 is 5.73 Å². The molecule has 0 aliphatic rings. The number of aromatic nitrogens is 1. The average molecular weight is 347 g/mol. The molecule has 21 heavy (non-hydrogen) atoms. The van der Waals surface area contributed by atoms with E-state index >= 15 is 0 Å². The highest BCUT2D eigenvalue weighted by atomic mass is 79.9. The quantitative estimate of drug-likeness (QED) is 0.724. The Hall–Kier alpha value is -2.14. The number of halogens is 2. The fourth-order valence-electron chi connectivity index (χ4n) is 2.27. The molecule has 0 spiro atoms. The van der Waals surface area contributed by atoms with Gasteiger partial charge in [-0.15, -0.1) is 0 Å². The first-order valence-corrected chi connectivity index (χ1v) is 7.14. The molecule has 2 aromatic carbocycles. The van der Waals surface area contributed by atoms with Gasteiger partial charge in [0.15, 0.2) is 11.6 Å². The maximum absolute atomic E-state index is 13.5. The van der Waals surface area contributed by atoms with E-state index in [0.29, 0.717) is 16.9 Å². The second-order valence-electron chi connectivity index (χ2n) is 4.71. The van der Waals surface area contributed by atoms with Crippen LogP contribution in [-0.4, -0.2) is 5.16 Å². The van der Waals surface area contributed by atoms with Gasteiger partial charge in [0.25, 0.3) is 0 Å². The van der Waals surface area contributed by atoms with Gasteiger partial charge < -0.3 is 10.3 Å². The molecule has 0 atom stereocenters. The summed E-state index contributed by atoms with van der Waals surface area (Å²) in [6.45, 7) is 1.98. The van der Waals surface area contributed by atoms with E-state index in [1.807, 2.05) is 31.2 Å². The van der Waals surface area contributed by atoms with Crippen molar-refractivity contribution in [1.29, 1.82) is 0 Å². The summed E-state index contributed by atoms with van der Waals surface area (Å²) in [4.78, 5) is 0. The van der Waals surface area contributed by atoms with Crippen LogP contribution in [0.4, 0.5) is 10.2 Å². The monoisotopic (exact) mass is 346 g/mol. The molecule has 0 unspecified atom stereocenters. The minimum absolute atomic E-state index is 0.287. The molecule has 0 aliphatic heterocycles. The van der Waals surface area contributed by atoms with Gasteiger partial charge in [-0.1, -0.05) is 45.4 Å². The summed E-state index contributed by atoms with van der Waals surface area (Å²) in [5, 5.41) is 3.84. The van der Waals surface area contributed by atoms with Gasteiger partial charge in [-0.2, -0.15) is 0 Å². The summed E-state index contributed by atoms with van der Waals surface area (Å²) in [5.41, 5.74) is 9.18. The highest BCUT2D eigenvalue weighted by molar-refractivity contribution is 9.10. The Labute approximate surface area is 129 Å². The Bertz CT molecular complexity index is 814. The van der Waals surface area contributed by atoms with Crippen LogP contribution in [0.2, 0.25) is 0 Å². The SMILES string of the molecule is Cc1ccccc1-c1c(N)noc1-c1cc(F)ccc1Br. The molecular formula is C16H12BrFN2O. The summed E-state index contributed by atoms with van der Waals surface area (Å²) in [6, 6.07) is 12.2. The van der Waals surface area contributed by atoms with E-state index in [2.05, 4.69) is 21.1 Å². The Balaban J connectivity index is 2.27. The van der Waals surface area contributed by atoms with E-state index in [1.165, 1.54) is 12.1 Å². The molecule has 1 aromatic heterocycles. The van der Waals surface area contributed by atoms with Gasteiger partial charge in [0, 0.05) is 10.0 Å². The van der Waals surface area contributed by atoms with Crippen molar-refractivity contribution in [3.8, 4) is 22.5 Å². The van der Waals surface area contributed by atoms with Crippen molar-refractivity contribution < 1.29 is 8.91 Å². The number of aryl methyl sites for hydroxylation is 1. The molecule has 2 N–H and O–H groups in total. The molecule has 0 bridgehead atoms. The van der Waals surface area contributed by atoms with Crippen molar-refractivity contribution in [1.82, 2.24) is 5.16 Å². The van der Waals surface area contributed by atoms with Crippen LogP contribution in [0.3, 0.4) is 0 Å². The predicted molar refractivity (Wildman–Crippen MR) is 84.2 cm³/mol. The zero-order valence-electron chi connectivity index (χ0n) is 11.2. The zero-order chi connectivity index (χ0) is 15.0. The second-order valence-corrected chi connectivity index (χ2v) is 5.57. The first-order valence-electron chi connectivity index (χ1n) is 6.34. The normalized spacial score (nSPS) is 10.8. The van der Waals surface area contributed by atoms with Crippen LogP contribution >= 0.6 is 15.9 Å². The number of benzene rings is 2. The zero-order valence-corrected chi connectivity index (χ0v) is 12.8. The summed E-state index contributed by atoms with van der Waals surface area (Å²) < 4.78 is 19.6. The Morgan fingerprint density at radius 2 is 1.90 bits per heavy atom. The van der Waals surface area contributed by atoms with Crippen LogP contribution in [0, 0.1) is 12.7 Å². The van der Waals surface area contributed by atoms with Crippen LogP contribution in [-0.2, 0) is 0 Å². The molecule has 5 heteroatoms. The van der Waals surface area contributed by atoms with E-state index in [4.69, 9.17) is 10.3 Å². The van der Waals surface area contributed by atoms with Gasteiger partial charge in [-0.05, 0) is 36.2 Å². The van der Waals surface area contributed by atoms with Gasteiger partial charge in [0.2, 0.25) is 0 Å². The predicted octanol–water partition coefficient (Wildman–Crippen LogP) is 4.80. The lowest BCUT2D eigenvalue weighted by molar-refractivity contribution is 0.435. The highest BCUT2D eigenvalue weighted by Crippen LogP contribution is 2.40. The molecule has 0 saturated carbocycles. The molecule has 0 radical (unpaired) electrons. The third-order valence-corrected chi connectivity index (χ3v) is 4.00. The van der Waals surface area contributed by atoms with Gasteiger partial charge in [0.05, 0.1) is 5.56 Å². The minimum Gasteiger partial charge on any atom is -0.380 e. The van der Waals surface area contributed by atoms with E-state index < -0.39 is 0 Å². The lowest BCUT2D eigenvalue weighted by Crippen LogP contribution is -1.91. The number of nitrogens with two attached hydrogens (primary N) is 1. The number of hydrogen-bond acceptors (Lipinski definition) is 3. The number of hydrogen-bond donors (Lipinski definition) is 1.